The monoisotopic (exact) mass is 238 g/mol. The van der Waals surface area contributed by atoms with Gasteiger partial charge in [0.25, 0.3) is 0 Å². The average Bonchev–Trinajstić information content (AvgIpc) is 2.12. The smallest absolute Gasteiger partial charge is 0.140 e. The van der Waals surface area contributed by atoms with Crippen LogP contribution in [0.2, 0.25) is 0 Å². The van der Waals surface area contributed by atoms with Crippen molar-refractivity contribution in [1.29, 1.82) is 0 Å². The number of fused-ring (bicyclic) bond motifs is 1. The Hall–Kier alpha value is -0.630. The van der Waals surface area contributed by atoms with Crippen LogP contribution < -0.4 is 0 Å². The first-order valence-corrected chi connectivity index (χ1v) is 5.29. The van der Waals surface area contributed by atoms with E-state index in [1.165, 1.54) is 11.1 Å². The first-order valence-electron chi connectivity index (χ1n) is 4.49. The summed E-state index contributed by atoms with van der Waals surface area (Å²) < 4.78 is 1.06. The summed E-state index contributed by atoms with van der Waals surface area (Å²) in [4.78, 5) is 11.5. The fourth-order valence-corrected chi connectivity index (χ4v) is 2.22. The first kappa shape index (κ1) is 8.95. The number of carbonyl (C=O) groups is 1. The highest BCUT2D eigenvalue weighted by molar-refractivity contribution is 9.10. The van der Waals surface area contributed by atoms with Gasteiger partial charge in [0.1, 0.15) is 5.78 Å². The number of rotatable bonds is 0. The fraction of sp³-hybridized carbons (Fsp3) is 0.364. The van der Waals surface area contributed by atoms with Crippen LogP contribution in [-0.4, -0.2) is 5.78 Å². The maximum atomic E-state index is 11.5. The van der Waals surface area contributed by atoms with Crippen LogP contribution >= 0.6 is 15.9 Å². The Labute approximate surface area is 86.3 Å². The summed E-state index contributed by atoms with van der Waals surface area (Å²) in [5.41, 5.74) is 2.53. The molecule has 0 fully saturated rings. The third kappa shape index (κ3) is 1.55. The summed E-state index contributed by atoms with van der Waals surface area (Å²) in [5.74, 6) is 0.451. The zero-order chi connectivity index (χ0) is 9.42. The molecule has 0 spiro atoms. The summed E-state index contributed by atoms with van der Waals surface area (Å²) in [6, 6.07) is 6.22. The van der Waals surface area contributed by atoms with Crippen molar-refractivity contribution in [2.24, 2.45) is 0 Å². The maximum Gasteiger partial charge on any atom is 0.140 e. The largest absolute Gasteiger partial charge is 0.299 e. The van der Waals surface area contributed by atoms with Crippen LogP contribution in [0.4, 0.5) is 0 Å². The molecular weight excluding hydrogens is 228 g/mol. The lowest BCUT2D eigenvalue weighted by molar-refractivity contribution is -0.120. The molecule has 0 amide bonds. The van der Waals surface area contributed by atoms with Gasteiger partial charge < -0.3 is 0 Å². The van der Waals surface area contributed by atoms with Crippen molar-refractivity contribution >= 4 is 21.7 Å². The van der Waals surface area contributed by atoms with Crippen molar-refractivity contribution in [1.82, 2.24) is 0 Å². The van der Waals surface area contributed by atoms with E-state index in [2.05, 4.69) is 28.1 Å². The molecule has 0 aromatic heterocycles. The van der Waals surface area contributed by atoms with E-state index in [0.29, 0.717) is 12.2 Å². The molecule has 13 heavy (non-hydrogen) atoms. The van der Waals surface area contributed by atoms with Crippen molar-refractivity contribution in [2.45, 2.75) is 25.7 Å². The van der Waals surface area contributed by atoms with Gasteiger partial charge in [0.15, 0.2) is 0 Å². The SMILES string of the molecule is CC1C(=O)CCc2ccc(Br)cc21. The molecule has 68 valence electrons. The van der Waals surface area contributed by atoms with Crippen LogP contribution in [-0.2, 0) is 11.2 Å². The minimum absolute atomic E-state index is 0.0845. The highest BCUT2D eigenvalue weighted by Gasteiger charge is 2.23. The Kier molecular flexibility index (Phi) is 2.24. The number of carbonyl (C=O) groups excluding carboxylic acids is 1. The van der Waals surface area contributed by atoms with Crippen molar-refractivity contribution in [3.8, 4) is 0 Å². The highest BCUT2D eigenvalue weighted by Crippen LogP contribution is 2.30. The van der Waals surface area contributed by atoms with Crippen molar-refractivity contribution in [3.63, 3.8) is 0 Å². The normalized spacial score (nSPS) is 21.4. The fourth-order valence-electron chi connectivity index (χ4n) is 1.84. The lowest BCUT2D eigenvalue weighted by Gasteiger charge is -2.21. The summed E-state index contributed by atoms with van der Waals surface area (Å²) in [6.45, 7) is 1.99. The summed E-state index contributed by atoms with van der Waals surface area (Å²) in [5, 5.41) is 0. The number of halogens is 1. The molecule has 0 saturated carbocycles. The number of ketones is 1. The van der Waals surface area contributed by atoms with Gasteiger partial charge in [-0.15, -0.1) is 0 Å². The van der Waals surface area contributed by atoms with Gasteiger partial charge >= 0.3 is 0 Å². The van der Waals surface area contributed by atoms with Crippen LogP contribution in [0.25, 0.3) is 0 Å². The number of hydrogen-bond donors (Lipinski definition) is 0. The van der Waals surface area contributed by atoms with E-state index in [1.54, 1.807) is 0 Å². The average molecular weight is 239 g/mol. The molecule has 0 saturated heterocycles. The van der Waals surface area contributed by atoms with Crippen LogP contribution in [0.15, 0.2) is 22.7 Å². The maximum absolute atomic E-state index is 11.5. The van der Waals surface area contributed by atoms with E-state index in [-0.39, 0.29) is 5.92 Å². The van der Waals surface area contributed by atoms with Gasteiger partial charge in [-0.1, -0.05) is 28.9 Å². The third-order valence-electron chi connectivity index (χ3n) is 2.70. The predicted molar refractivity (Wildman–Crippen MR) is 55.9 cm³/mol. The molecule has 1 unspecified atom stereocenters. The quantitative estimate of drug-likeness (QED) is 0.679. The number of benzene rings is 1. The van der Waals surface area contributed by atoms with Gasteiger partial charge in [-0.3, -0.25) is 4.79 Å². The van der Waals surface area contributed by atoms with E-state index in [9.17, 15) is 4.79 Å². The number of aryl methyl sites for hydroxylation is 1. The Bertz CT molecular complexity index is 357. The summed E-state index contributed by atoms with van der Waals surface area (Å²) in [6.07, 6.45) is 1.61. The minimum Gasteiger partial charge on any atom is -0.299 e. The first-order chi connectivity index (χ1) is 6.18. The van der Waals surface area contributed by atoms with Crippen molar-refractivity contribution in [3.05, 3.63) is 33.8 Å². The Morgan fingerprint density at radius 1 is 1.38 bits per heavy atom. The van der Waals surface area contributed by atoms with Crippen LogP contribution in [0, 0.1) is 0 Å². The molecular formula is C11H11BrO. The van der Waals surface area contributed by atoms with Crippen LogP contribution in [0.5, 0.6) is 0 Å². The van der Waals surface area contributed by atoms with E-state index in [1.807, 2.05) is 13.0 Å². The van der Waals surface area contributed by atoms with E-state index in [4.69, 9.17) is 0 Å². The standard InChI is InChI=1S/C11H11BrO/c1-7-10-6-9(12)4-2-8(10)3-5-11(7)13/h2,4,6-7H,3,5H2,1H3. The van der Waals surface area contributed by atoms with Crippen molar-refractivity contribution < 1.29 is 4.79 Å². The number of Topliss-reactive ketones (excluding diaryl/α,β-unsaturated/α-hetero) is 1. The molecule has 1 aromatic carbocycles. The molecule has 1 nitrogen and oxygen atoms in total. The zero-order valence-corrected chi connectivity index (χ0v) is 9.10. The summed E-state index contributed by atoms with van der Waals surface area (Å²) >= 11 is 3.43. The second-order valence-corrected chi connectivity index (χ2v) is 4.45. The Morgan fingerprint density at radius 3 is 2.92 bits per heavy atom. The number of hydrogen-bond acceptors (Lipinski definition) is 1. The predicted octanol–water partition coefficient (Wildman–Crippen LogP) is 3.07. The molecule has 1 atom stereocenters. The molecule has 0 bridgehead atoms. The minimum atomic E-state index is 0.0845. The molecule has 1 aliphatic rings. The summed E-state index contributed by atoms with van der Waals surface area (Å²) in [7, 11) is 0. The van der Waals surface area contributed by atoms with Gasteiger partial charge in [-0.25, -0.2) is 0 Å². The molecule has 1 aliphatic carbocycles. The third-order valence-corrected chi connectivity index (χ3v) is 3.19. The van der Waals surface area contributed by atoms with Crippen molar-refractivity contribution in [2.75, 3.05) is 0 Å². The van der Waals surface area contributed by atoms with E-state index >= 15 is 0 Å². The highest BCUT2D eigenvalue weighted by atomic mass is 79.9. The molecule has 1 aromatic rings. The molecule has 0 heterocycles. The van der Waals surface area contributed by atoms with Gasteiger partial charge in [0, 0.05) is 16.8 Å². The lowest BCUT2D eigenvalue weighted by atomic mass is 9.83. The van der Waals surface area contributed by atoms with Gasteiger partial charge in [0.05, 0.1) is 0 Å². The molecule has 0 N–H and O–H groups in total. The second kappa shape index (κ2) is 3.26. The molecule has 2 rings (SSSR count). The molecule has 0 radical (unpaired) electrons. The van der Waals surface area contributed by atoms with Gasteiger partial charge in [0.2, 0.25) is 0 Å². The Balaban J connectivity index is 2.51. The molecule has 0 aliphatic heterocycles. The lowest BCUT2D eigenvalue weighted by Crippen LogP contribution is -2.17. The van der Waals surface area contributed by atoms with Gasteiger partial charge in [-0.05, 0) is 29.7 Å². The van der Waals surface area contributed by atoms with Crippen LogP contribution in [0.3, 0.4) is 0 Å². The van der Waals surface area contributed by atoms with Gasteiger partial charge in [-0.2, -0.15) is 0 Å². The van der Waals surface area contributed by atoms with Crippen LogP contribution in [0.1, 0.15) is 30.4 Å². The zero-order valence-electron chi connectivity index (χ0n) is 7.51. The Morgan fingerprint density at radius 2 is 2.15 bits per heavy atom. The molecule has 2 heteroatoms. The second-order valence-electron chi connectivity index (χ2n) is 3.53. The topological polar surface area (TPSA) is 17.1 Å². The van der Waals surface area contributed by atoms with E-state index < -0.39 is 0 Å². The van der Waals surface area contributed by atoms with E-state index in [0.717, 1.165) is 10.9 Å².